The summed E-state index contributed by atoms with van der Waals surface area (Å²) >= 11 is 9.53. The van der Waals surface area contributed by atoms with Gasteiger partial charge in [-0.05, 0) is 142 Å². The number of carbonyl (C=O) groups excluding carboxylic acids is 1. The first-order valence-corrected chi connectivity index (χ1v) is 24.8. The largest absolute Gasteiger partial charge is 0.497 e. The molecule has 2 aromatic rings. The number of hydrogen-bond acceptors (Lipinski definition) is 8. The van der Waals surface area contributed by atoms with E-state index in [2.05, 4.69) is 54.9 Å². The van der Waals surface area contributed by atoms with Gasteiger partial charge in [0, 0.05) is 23.6 Å². The number of rotatable bonds is 8. The molecule has 0 aromatic heterocycles. The molecule has 0 saturated heterocycles. The highest BCUT2D eigenvalue weighted by Gasteiger charge is 2.61. The normalized spacial score (nSPS) is 32.9. The number of alkyl halides is 2. The fourth-order valence-electron chi connectivity index (χ4n) is 12.7. The van der Waals surface area contributed by atoms with Crippen molar-refractivity contribution in [2.45, 2.75) is 137 Å². The lowest BCUT2D eigenvalue weighted by Gasteiger charge is -2.62. The van der Waals surface area contributed by atoms with E-state index in [-0.39, 0.29) is 38.7 Å². The van der Waals surface area contributed by atoms with E-state index in [1.165, 1.54) is 12.8 Å². The fraction of sp³-hybridized carbons (Fsp3) is 0.735. The quantitative estimate of drug-likeness (QED) is 0.136. The molecule has 342 valence electrons. The van der Waals surface area contributed by atoms with Crippen LogP contribution in [0.1, 0.15) is 142 Å². The molecule has 4 saturated carbocycles. The first kappa shape index (κ1) is 52.5. The summed E-state index contributed by atoms with van der Waals surface area (Å²) in [5.41, 5.74) is -0.512. The highest BCUT2D eigenvalue weighted by atomic mass is 35.5. The minimum Gasteiger partial charge on any atom is -0.497 e. The van der Waals surface area contributed by atoms with E-state index in [1.807, 2.05) is 32.0 Å². The van der Waals surface area contributed by atoms with Crippen LogP contribution in [0.5, 0.6) is 23.0 Å². The monoisotopic (exact) mass is 896 g/mol. The molecule has 8 nitrogen and oxygen atoms in total. The third kappa shape index (κ3) is 11.5. The van der Waals surface area contributed by atoms with Crippen LogP contribution in [0.4, 0.5) is 0 Å². The molecule has 0 amide bonds. The van der Waals surface area contributed by atoms with Gasteiger partial charge in [-0.3, -0.25) is 4.79 Å². The Kier molecular flexibility index (Phi) is 18.6. The molecule has 3 N–H and O–H groups in total. The predicted octanol–water partition coefficient (Wildman–Crippen LogP) is 12.0. The summed E-state index contributed by atoms with van der Waals surface area (Å²) in [5, 5.41) is 34.4. The van der Waals surface area contributed by atoms with Crippen molar-refractivity contribution in [3.05, 3.63) is 47.5 Å². The first-order chi connectivity index (χ1) is 27.9. The number of fused-ring (bicyclic) bond motifs is 2. The average molecular weight is 898 g/mol. The van der Waals surface area contributed by atoms with Crippen molar-refractivity contribution >= 4 is 37.6 Å². The third-order valence-corrected chi connectivity index (χ3v) is 15.0. The van der Waals surface area contributed by atoms with Gasteiger partial charge in [0.15, 0.2) is 5.78 Å². The maximum Gasteiger partial charge on any atom is 0.169 e. The van der Waals surface area contributed by atoms with Gasteiger partial charge in [0.1, 0.15) is 23.0 Å². The molecule has 0 heterocycles. The highest BCUT2D eigenvalue weighted by Crippen LogP contribution is 2.65. The molecule has 60 heavy (non-hydrogen) atoms. The van der Waals surface area contributed by atoms with Crippen molar-refractivity contribution in [1.82, 2.24) is 0 Å². The molecule has 0 radical (unpaired) electrons. The Morgan fingerprint density at radius 3 is 1.43 bits per heavy atom. The first-order valence-electron chi connectivity index (χ1n) is 21.8. The molecular formula is C49H79Cl2O8P. The van der Waals surface area contributed by atoms with Crippen molar-refractivity contribution in [3.63, 3.8) is 0 Å². The zero-order chi connectivity index (χ0) is 45.5. The zero-order valence-electron chi connectivity index (χ0n) is 39.3. The average Bonchev–Trinajstić information content (AvgIpc) is 3.16. The smallest absolute Gasteiger partial charge is 0.169 e. The molecule has 4 aliphatic rings. The van der Waals surface area contributed by atoms with Crippen LogP contribution in [-0.2, 0) is 0 Å². The number of aliphatic hydroxyl groups is 3. The Morgan fingerprint density at radius 1 is 0.650 bits per heavy atom. The van der Waals surface area contributed by atoms with Gasteiger partial charge < -0.3 is 34.3 Å². The maximum atomic E-state index is 13.8. The van der Waals surface area contributed by atoms with E-state index in [9.17, 15) is 20.1 Å². The summed E-state index contributed by atoms with van der Waals surface area (Å²) < 4.78 is 21.5. The Morgan fingerprint density at radius 2 is 1.02 bits per heavy atom. The second-order valence-electron chi connectivity index (χ2n) is 20.2. The number of hydrogen-bond donors (Lipinski definition) is 3. The van der Waals surface area contributed by atoms with E-state index in [4.69, 9.17) is 42.1 Å². The lowest BCUT2D eigenvalue weighted by atomic mass is 9.44. The van der Waals surface area contributed by atoms with E-state index in [0.29, 0.717) is 46.8 Å². The van der Waals surface area contributed by atoms with Crippen LogP contribution in [0.3, 0.4) is 0 Å². The van der Waals surface area contributed by atoms with E-state index in [0.717, 1.165) is 59.1 Å². The molecule has 0 bridgehead atoms. The standard InChI is InChI=1S/C23H36O4.C23H34O4.C2H7P.CH2Cl2/c2*1-21(2)9-7-10-22(3)18(21)8-11-23(4,25)20(22)19(24)15-12-16(26-5)14-17(13-15)27-6;1-3-2;2-1-3/h12-14,18-20,24-25H,7-11H2,1-6H3;12-14,18,20,25H,7-11H2,1-6H3;3H,1-2H3;1H2/t18-,19?,20+,22-,23+;18-,20+,22-,23+;;/m00../s1. The molecule has 4 aliphatic carbocycles. The van der Waals surface area contributed by atoms with Crippen LogP contribution in [0.15, 0.2) is 36.4 Å². The van der Waals surface area contributed by atoms with Crippen molar-refractivity contribution < 1.29 is 39.1 Å². The third-order valence-electron chi connectivity index (χ3n) is 15.0. The number of aliphatic hydroxyl groups excluding tert-OH is 1. The van der Waals surface area contributed by atoms with Gasteiger partial charge in [-0.25, -0.2) is 0 Å². The molecule has 0 aliphatic heterocycles. The Balaban J connectivity index is 0.000000283. The van der Waals surface area contributed by atoms with Crippen LogP contribution in [-0.4, -0.2) is 79.4 Å². The minimum atomic E-state index is -1.01. The van der Waals surface area contributed by atoms with Crippen LogP contribution in [0.25, 0.3) is 0 Å². The molecule has 4 fully saturated rings. The number of methoxy groups -OCH3 is 4. The van der Waals surface area contributed by atoms with Crippen molar-refractivity contribution in [2.75, 3.05) is 47.1 Å². The predicted molar refractivity (Wildman–Crippen MR) is 250 cm³/mol. The van der Waals surface area contributed by atoms with Crippen LogP contribution >= 0.6 is 31.8 Å². The number of halogens is 2. The van der Waals surface area contributed by atoms with Gasteiger partial charge in [0.2, 0.25) is 0 Å². The topological polar surface area (TPSA) is 115 Å². The Labute approximate surface area is 375 Å². The van der Waals surface area contributed by atoms with Gasteiger partial charge in [0.05, 0.1) is 57.0 Å². The summed E-state index contributed by atoms with van der Waals surface area (Å²) in [4.78, 5) is 13.8. The lowest BCUT2D eigenvalue weighted by molar-refractivity contribution is -0.201. The Bertz CT molecular complexity index is 1650. The SMILES string of the molecule is COc1cc(OC)cc(C(=O)[C@@H]2[C@@]3(C)CCCC(C)(C)[C@@H]3CC[C@@]2(C)O)c1.COc1cc(OC)cc(C(O)[C@@H]2[C@@]3(C)CCCC(C)(C)[C@@H]3CC[C@@]2(C)O)c1.CPC.ClCCl. The summed E-state index contributed by atoms with van der Waals surface area (Å²) in [6, 6.07) is 10.8. The van der Waals surface area contributed by atoms with Crippen LogP contribution in [0, 0.1) is 45.3 Å². The Hall–Kier alpha value is -1.80. The maximum absolute atomic E-state index is 13.8. The molecule has 9 atom stereocenters. The second-order valence-corrected chi connectivity index (χ2v) is 22.0. The number of carbonyl (C=O) groups is 1. The second kappa shape index (κ2) is 21.3. The van der Waals surface area contributed by atoms with Gasteiger partial charge in [-0.2, -0.15) is 0 Å². The number of ether oxygens (including phenoxy) is 4. The van der Waals surface area contributed by atoms with E-state index in [1.54, 1.807) is 46.6 Å². The summed E-state index contributed by atoms with van der Waals surface area (Å²) in [5.74, 6) is 2.76. The summed E-state index contributed by atoms with van der Waals surface area (Å²) in [6.45, 7) is 21.9. The molecule has 11 heteroatoms. The van der Waals surface area contributed by atoms with Gasteiger partial charge in [-0.1, -0.05) is 54.4 Å². The summed E-state index contributed by atoms with van der Waals surface area (Å²) in [6.07, 6.45) is 9.26. The van der Waals surface area contributed by atoms with Crippen molar-refractivity contribution in [3.8, 4) is 23.0 Å². The number of benzene rings is 2. The highest BCUT2D eigenvalue weighted by molar-refractivity contribution is 7.35. The van der Waals surface area contributed by atoms with Crippen molar-refractivity contribution in [1.29, 1.82) is 0 Å². The van der Waals surface area contributed by atoms with E-state index >= 15 is 0 Å². The van der Waals surface area contributed by atoms with Gasteiger partial charge in [0.25, 0.3) is 0 Å². The summed E-state index contributed by atoms with van der Waals surface area (Å²) in [7, 11) is 7.48. The molecule has 6 rings (SSSR count). The molecule has 0 spiro atoms. The van der Waals surface area contributed by atoms with Gasteiger partial charge in [-0.15, -0.1) is 31.8 Å². The molecular weight excluding hydrogens is 818 g/mol. The van der Waals surface area contributed by atoms with Crippen LogP contribution in [0.2, 0.25) is 0 Å². The van der Waals surface area contributed by atoms with Gasteiger partial charge >= 0.3 is 0 Å². The fourth-order valence-corrected chi connectivity index (χ4v) is 12.7. The zero-order valence-corrected chi connectivity index (χ0v) is 41.8. The van der Waals surface area contributed by atoms with Crippen LogP contribution < -0.4 is 18.9 Å². The van der Waals surface area contributed by atoms with E-state index < -0.39 is 23.2 Å². The van der Waals surface area contributed by atoms with Crippen molar-refractivity contribution in [2.24, 2.45) is 45.3 Å². The molecule has 2 aromatic carbocycles. The minimum absolute atomic E-state index is 0.00194. The lowest BCUT2D eigenvalue weighted by Crippen LogP contribution is -2.60. The number of ketones is 1. The number of Topliss-reactive ketones (excluding diaryl/α,β-unsaturated/α-hetero) is 1. The molecule has 1 unspecified atom stereocenters.